The highest BCUT2D eigenvalue weighted by Gasteiger charge is 2.18. The lowest BCUT2D eigenvalue weighted by molar-refractivity contribution is 0.0151. The van der Waals surface area contributed by atoms with Crippen LogP contribution in [0.1, 0.15) is 18.1 Å². The summed E-state index contributed by atoms with van der Waals surface area (Å²) in [5.74, 6) is 0. The minimum absolute atomic E-state index is 0.165. The first-order valence-electron chi connectivity index (χ1n) is 6.99. The summed E-state index contributed by atoms with van der Waals surface area (Å²) in [5, 5.41) is 25.9. The molecule has 0 fully saturated rings. The molecule has 0 aliphatic carbocycles. The van der Waals surface area contributed by atoms with Gasteiger partial charge in [-0.05, 0) is 35.7 Å². The molecule has 0 spiro atoms. The summed E-state index contributed by atoms with van der Waals surface area (Å²) in [6.07, 6.45) is -1.71. The van der Waals surface area contributed by atoms with E-state index in [9.17, 15) is 10.2 Å². The van der Waals surface area contributed by atoms with Crippen molar-refractivity contribution in [2.24, 2.45) is 5.11 Å². The maximum Gasteiger partial charge on any atom is 0.105 e. The van der Waals surface area contributed by atoms with Gasteiger partial charge in [0.05, 0.1) is 6.10 Å². The topological polar surface area (TPSA) is 89.2 Å². The molecule has 3 aromatic rings. The lowest BCUT2D eigenvalue weighted by atomic mass is 10.00. The Morgan fingerprint density at radius 3 is 2.68 bits per heavy atom. The minimum atomic E-state index is -0.989. The van der Waals surface area contributed by atoms with Gasteiger partial charge in [-0.25, -0.2) is 0 Å². The van der Waals surface area contributed by atoms with Gasteiger partial charge in [-0.3, -0.25) is 0 Å². The lowest BCUT2D eigenvalue weighted by Gasteiger charge is -2.17. The molecule has 2 atom stereocenters. The third-order valence-electron chi connectivity index (χ3n) is 3.69. The van der Waals surface area contributed by atoms with Crippen LogP contribution >= 0.6 is 11.3 Å². The molecule has 3 rings (SSSR count). The van der Waals surface area contributed by atoms with Gasteiger partial charge in [0.2, 0.25) is 0 Å². The fraction of sp³-hybridized carbons (Fsp3) is 0.250. The largest absolute Gasteiger partial charge is 0.390 e. The van der Waals surface area contributed by atoms with E-state index in [2.05, 4.69) is 22.2 Å². The molecule has 0 saturated heterocycles. The number of aliphatic hydroxyl groups is 2. The van der Waals surface area contributed by atoms with Crippen molar-refractivity contribution in [3.05, 3.63) is 58.5 Å². The van der Waals surface area contributed by atoms with Gasteiger partial charge in [-0.15, -0.1) is 11.3 Å². The van der Waals surface area contributed by atoms with E-state index in [0.717, 1.165) is 15.5 Å². The van der Waals surface area contributed by atoms with E-state index in [1.807, 2.05) is 30.3 Å². The molecule has 0 amide bonds. The van der Waals surface area contributed by atoms with Gasteiger partial charge in [-0.1, -0.05) is 29.4 Å². The van der Waals surface area contributed by atoms with Crippen molar-refractivity contribution in [1.29, 1.82) is 0 Å². The summed E-state index contributed by atoms with van der Waals surface area (Å²) in [5.41, 5.74) is 8.92. The van der Waals surface area contributed by atoms with Gasteiger partial charge in [-0.2, -0.15) is 0 Å². The van der Waals surface area contributed by atoms with Gasteiger partial charge in [0, 0.05) is 31.6 Å². The second-order valence-corrected chi connectivity index (χ2v) is 6.19. The van der Waals surface area contributed by atoms with Crippen LogP contribution in [0.2, 0.25) is 0 Å². The van der Waals surface area contributed by atoms with Crippen LogP contribution in [0.25, 0.3) is 30.6 Å². The first kappa shape index (κ1) is 14.8. The maximum atomic E-state index is 10.3. The normalized spacial score (nSPS) is 13.9. The Hall–Kier alpha value is -2.11. The highest BCUT2D eigenvalue weighted by atomic mass is 32.1. The van der Waals surface area contributed by atoms with E-state index in [1.165, 1.54) is 4.70 Å². The quantitative estimate of drug-likeness (QED) is 0.421. The Bertz CT molecular complexity index is 855. The molecule has 5 nitrogen and oxygen atoms in total. The molecule has 0 saturated carbocycles. The lowest BCUT2D eigenvalue weighted by Crippen LogP contribution is -2.19. The minimum Gasteiger partial charge on any atom is -0.390 e. The zero-order valence-electron chi connectivity index (χ0n) is 11.8. The number of fused-ring (bicyclic) bond motifs is 3. The summed E-state index contributed by atoms with van der Waals surface area (Å²) >= 11 is 1.71. The monoisotopic (exact) mass is 313 g/mol. The summed E-state index contributed by atoms with van der Waals surface area (Å²) in [6.45, 7) is 0.165. The number of hydrogen-bond acceptors (Lipinski definition) is 4. The molecule has 0 aliphatic rings. The van der Waals surface area contributed by atoms with Gasteiger partial charge < -0.3 is 10.2 Å². The summed E-state index contributed by atoms with van der Waals surface area (Å²) in [6, 6.07) is 13.9. The van der Waals surface area contributed by atoms with Crippen molar-refractivity contribution in [1.82, 2.24) is 0 Å². The molecule has 0 bridgehead atoms. The van der Waals surface area contributed by atoms with Crippen molar-refractivity contribution in [3.63, 3.8) is 0 Å². The number of thiophene rings is 1. The number of rotatable bonds is 5. The first-order valence-corrected chi connectivity index (χ1v) is 7.80. The Balaban J connectivity index is 1.93. The highest BCUT2D eigenvalue weighted by molar-refractivity contribution is 7.25. The van der Waals surface area contributed by atoms with Crippen molar-refractivity contribution in [2.45, 2.75) is 18.6 Å². The number of aliphatic hydroxyl groups excluding tert-OH is 2. The van der Waals surface area contributed by atoms with Crippen molar-refractivity contribution in [2.75, 3.05) is 6.54 Å². The zero-order valence-corrected chi connectivity index (χ0v) is 12.6. The Kier molecular flexibility index (Phi) is 4.27. The zero-order chi connectivity index (χ0) is 15.5. The van der Waals surface area contributed by atoms with Gasteiger partial charge in [0.25, 0.3) is 0 Å². The predicted octanol–water partition coefficient (Wildman–Crippen LogP) is 4.15. The molecule has 1 heterocycles. The SMILES string of the molecule is [N-]=[N+]=NCCC(O)C(O)c1ccc2sc3ccccc3c2c1. The molecule has 22 heavy (non-hydrogen) atoms. The van der Waals surface area contributed by atoms with E-state index in [4.69, 9.17) is 5.53 Å². The van der Waals surface area contributed by atoms with E-state index in [0.29, 0.717) is 5.56 Å². The van der Waals surface area contributed by atoms with E-state index in [1.54, 1.807) is 11.3 Å². The van der Waals surface area contributed by atoms with E-state index < -0.39 is 12.2 Å². The van der Waals surface area contributed by atoms with Gasteiger partial charge in [0.15, 0.2) is 0 Å². The summed E-state index contributed by atoms with van der Waals surface area (Å²) in [7, 11) is 0. The van der Waals surface area contributed by atoms with Gasteiger partial charge >= 0.3 is 0 Å². The Labute approximate surface area is 131 Å². The molecule has 6 heteroatoms. The van der Waals surface area contributed by atoms with Crippen molar-refractivity contribution < 1.29 is 10.2 Å². The van der Waals surface area contributed by atoms with Crippen LogP contribution in [0.3, 0.4) is 0 Å². The van der Waals surface area contributed by atoms with Crippen LogP contribution in [0, 0.1) is 0 Å². The molecule has 1 aromatic heterocycles. The molecular formula is C16H15N3O2S. The number of nitrogens with zero attached hydrogens (tertiary/aromatic N) is 3. The van der Waals surface area contributed by atoms with Crippen LogP contribution in [-0.4, -0.2) is 22.9 Å². The maximum absolute atomic E-state index is 10.3. The fourth-order valence-electron chi connectivity index (χ4n) is 2.54. The summed E-state index contributed by atoms with van der Waals surface area (Å²) in [4.78, 5) is 2.64. The van der Waals surface area contributed by atoms with Gasteiger partial charge in [0.1, 0.15) is 6.10 Å². The molecule has 112 valence electrons. The number of hydrogen-bond donors (Lipinski definition) is 2. The highest BCUT2D eigenvalue weighted by Crippen LogP contribution is 2.35. The smallest absolute Gasteiger partial charge is 0.105 e. The van der Waals surface area contributed by atoms with Crippen molar-refractivity contribution in [3.8, 4) is 0 Å². The number of azide groups is 1. The Morgan fingerprint density at radius 1 is 1.09 bits per heavy atom. The second kappa shape index (κ2) is 6.34. The molecule has 2 unspecified atom stereocenters. The molecular weight excluding hydrogens is 298 g/mol. The average molecular weight is 313 g/mol. The third kappa shape index (κ3) is 2.77. The van der Waals surface area contributed by atoms with Crippen LogP contribution < -0.4 is 0 Å². The summed E-state index contributed by atoms with van der Waals surface area (Å²) < 4.78 is 2.36. The molecule has 0 aliphatic heterocycles. The standard InChI is InChI=1S/C16H15N3O2S/c17-19-18-8-7-13(20)16(21)10-5-6-15-12(9-10)11-3-1-2-4-14(11)22-15/h1-6,9,13,16,20-21H,7-8H2. The van der Waals surface area contributed by atoms with Crippen LogP contribution in [0.5, 0.6) is 0 Å². The van der Waals surface area contributed by atoms with Crippen LogP contribution in [0.4, 0.5) is 0 Å². The molecule has 2 N–H and O–H groups in total. The van der Waals surface area contributed by atoms with Crippen molar-refractivity contribution >= 4 is 31.5 Å². The van der Waals surface area contributed by atoms with Crippen LogP contribution in [0.15, 0.2) is 47.6 Å². The third-order valence-corrected chi connectivity index (χ3v) is 4.85. The average Bonchev–Trinajstić information content (AvgIpc) is 2.92. The predicted molar refractivity (Wildman–Crippen MR) is 88.9 cm³/mol. The second-order valence-electron chi connectivity index (χ2n) is 5.11. The molecule has 2 aromatic carbocycles. The molecule has 0 radical (unpaired) electrons. The fourth-order valence-corrected chi connectivity index (χ4v) is 3.63. The number of benzene rings is 2. The van der Waals surface area contributed by atoms with Crippen LogP contribution in [-0.2, 0) is 0 Å². The Morgan fingerprint density at radius 2 is 1.86 bits per heavy atom. The first-order chi connectivity index (χ1) is 10.7. The van der Waals surface area contributed by atoms with E-state index in [-0.39, 0.29) is 13.0 Å². The van der Waals surface area contributed by atoms with E-state index >= 15 is 0 Å².